The van der Waals surface area contributed by atoms with Crippen molar-refractivity contribution in [2.24, 2.45) is 7.05 Å². The topological polar surface area (TPSA) is 53.9 Å². The average molecular weight is 337 g/mol. The highest BCUT2D eigenvalue weighted by Gasteiger charge is 2.31. The molecular weight excluding hydrogens is 320 g/mol. The Morgan fingerprint density at radius 1 is 1.50 bits per heavy atom. The predicted molar refractivity (Wildman–Crippen MR) is 79.3 cm³/mol. The molecule has 0 bridgehead atoms. The third-order valence-corrected chi connectivity index (χ3v) is 4.22. The normalized spacial score (nSPS) is 19.3. The van der Waals surface area contributed by atoms with Gasteiger partial charge in [-0.2, -0.15) is 0 Å². The number of imidazole rings is 1. The molecule has 1 atom stereocenters. The summed E-state index contributed by atoms with van der Waals surface area (Å²) < 4.78 is 2.79. The van der Waals surface area contributed by atoms with Crippen molar-refractivity contribution in [3.63, 3.8) is 0 Å². The van der Waals surface area contributed by atoms with Crippen LogP contribution >= 0.6 is 15.9 Å². The number of rotatable bonds is 2. The van der Waals surface area contributed by atoms with E-state index in [1.807, 2.05) is 35.0 Å². The molecule has 1 N–H and O–H groups in total. The summed E-state index contributed by atoms with van der Waals surface area (Å²) in [6, 6.07) is 1.93. The number of amides is 1. The van der Waals surface area contributed by atoms with Crippen molar-refractivity contribution in [1.82, 2.24) is 19.4 Å². The molecule has 5 nitrogen and oxygen atoms in total. The number of halogens is 1. The van der Waals surface area contributed by atoms with Crippen molar-refractivity contribution < 1.29 is 4.79 Å². The summed E-state index contributed by atoms with van der Waals surface area (Å²) >= 11 is 3.42. The quantitative estimate of drug-likeness (QED) is 0.916. The molecule has 0 radical (unpaired) electrons. The van der Waals surface area contributed by atoms with Gasteiger partial charge in [-0.15, -0.1) is 0 Å². The second kappa shape index (κ2) is 5.44. The van der Waals surface area contributed by atoms with Gasteiger partial charge >= 0.3 is 0 Å². The Hall–Kier alpha value is -1.56. The number of nitrogens with zero attached hydrogens (tertiary/aromatic N) is 3. The zero-order valence-corrected chi connectivity index (χ0v) is 12.9. The van der Waals surface area contributed by atoms with Crippen LogP contribution in [0.4, 0.5) is 0 Å². The standard InChI is InChI=1S/C14H17BrN4O/c1-18-9-10(15)8-12(18)14(20)19-7-3-2-4-11(19)13-16-5-6-17-13/h5-6,8-9,11H,2-4,7H2,1H3,(H,16,17)/t11-/m1/s1. The van der Waals surface area contributed by atoms with Gasteiger partial charge in [-0.05, 0) is 41.3 Å². The summed E-state index contributed by atoms with van der Waals surface area (Å²) in [5.41, 5.74) is 0.704. The molecule has 106 valence electrons. The Morgan fingerprint density at radius 3 is 3.00 bits per heavy atom. The number of carbonyl (C=O) groups is 1. The molecule has 1 saturated heterocycles. The van der Waals surface area contributed by atoms with Gasteiger partial charge in [-0.1, -0.05) is 0 Å². The zero-order chi connectivity index (χ0) is 14.1. The van der Waals surface area contributed by atoms with Crippen molar-refractivity contribution in [3.8, 4) is 0 Å². The maximum atomic E-state index is 12.8. The largest absolute Gasteiger partial charge is 0.347 e. The lowest BCUT2D eigenvalue weighted by Gasteiger charge is -2.34. The van der Waals surface area contributed by atoms with Gasteiger partial charge in [0, 0.05) is 36.7 Å². The van der Waals surface area contributed by atoms with E-state index in [1.165, 1.54) is 0 Å². The number of hydrogen-bond acceptors (Lipinski definition) is 2. The number of aromatic nitrogens is 3. The SMILES string of the molecule is Cn1cc(Br)cc1C(=O)N1CCCC[C@@H]1c1ncc[nH]1. The molecule has 2 aromatic rings. The molecule has 0 aromatic carbocycles. The molecule has 1 fully saturated rings. The minimum Gasteiger partial charge on any atom is -0.347 e. The summed E-state index contributed by atoms with van der Waals surface area (Å²) in [4.78, 5) is 22.2. The van der Waals surface area contributed by atoms with E-state index in [4.69, 9.17) is 0 Å². The van der Waals surface area contributed by atoms with E-state index in [0.717, 1.165) is 36.1 Å². The summed E-state index contributed by atoms with van der Waals surface area (Å²) in [6.45, 7) is 0.785. The Morgan fingerprint density at radius 2 is 2.35 bits per heavy atom. The first-order valence-corrected chi connectivity index (χ1v) is 7.58. The zero-order valence-electron chi connectivity index (χ0n) is 11.3. The molecular formula is C14H17BrN4O. The van der Waals surface area contributed by atoms with Crippen LogP contribution < -0.4 is 0 Å². The summed E-state index contributed by atoms with van der Waals surface area (Å²) in [5, 5.41) is 0. The van der Waals surface area contributed by atoms with Crippen LogP contribution in [0.15, 0.2) is 29.1 Å². The molecule has 6 heteroatoms. The highest BCUT2D eigenvalue weighted by molar-refractivity contribution is 9.10. The number of piperidine rings is 1. The first-order valence-electron chi connectivity index (χ1n) is 6.79. The fourth-order valence-electron chi connectivity index (χ4n) is 2.80. The third kappa shape index (κ3) is 2.40. The fraction of sp³-hybridized carbons (Fsp3) is 0.429. The number of H-pyrrole nitrogens is 1. The van der Waals surface area contributed by atoms with E-state index in [-0.39, 0.29) is 11.9 Å². The van der Waals surface area contributed by atoms with Crippen molar-refractivity contribution in [2.45, 2.75) is 25.3 Å². The van der Waals surface area contributed by atoms with Gasteiger partial charge in [-0.3, -0.25) is 4.79 Å². The molecule has 1 aliphatic heterocycles. The van der Waals surface area contributed by atoms with Crippen molar-refractivity contribution in [2.75, 3.05) is 6.54 Å². The van der Waals surface area contributed by atoms with E-state index in [1.54, 1.807) is 6.20 Å². The Bertz CT molecular complexity index is 605. The number of hydrogen-bond donors (Lipinski definition) is 1. The predicted octanol–water partition coefficient (Wildman–Crippen LogP) is 2.88. The number of likely N-dealkylation sites (tertiary alicyclic amines) is 1. The lowest BCUT2D eigenvalue weighted by Crippen LogP contribution is -2.39. The number of aryl methyl sites for hydroxylation is 1. The monoisotopic (exact) mass is 336 g/mol. The Balaban J connectivity index is 1.90. The van der Waals surface area contributed by atoms with Crippen LogP contribution in [0.5, 0.6) is 0 Å². The molecule has 20 heavy (non-hydrogen) atoms. The van der Waals surface area contributed by atoms with E-state index in [2.05, 4.69) is 25.9 Å². The summed E-state index contributed by atoms with van der Waals surface area (Å²) in [5.74, 6) is 0.950. The van der Waals surface area contributed by atoms with Crippen LogP contribution in [-0.4, -0.2) is 31.9 Å². The maximum absolute atomic E-state index is 12.8. The molecule has 0 spiro atoms. The number of nitrogens with one attached hydrogen (secondary N) is 1. The van der Waals surface area contributed by atoms with E-state index < -0.39 is 0 Å². The van der Waals surface area contributed by atoms with Crippen molar-refractivity contribution >= 4 is 21.8 Å². The van der Waals surface area contributed by atoms with E-state index >= 15 is 0 Å². The van der Waals surface area contributed by atoms with Gasteiger partial charge in [0.2, 0.25) is 0 Å². The van der Waals surface area contributed by atoms with Crippen LogP contribution in [0.2, 0.25) is 0 Å². The van der Waals surface area contributed by atoms with Crippen LogP contribution in [0, 0.1) is 0 Å². The minimum atomic E-state index is 0.0555. The van der Waals surface area contributed by atoms with Gasteiger partial charge < -0.3 is 14.5 Å². The van der Waals surface area contributed by atoms with Gasteiger partial charge in [0.25, 0.3) is 5.91 Å². The van der Waals surface area contributed by atoms with Crippen molar-refractivity contribution in [1.29, 1.82) is 0 Å². The van der Waals surface area contributed by atoms with Crippen LogP contribution in [0.3, 0.4) is 0 Å². The summed E-state index contributed by atoms with van der Waals surface area (Å²) in [7, 11) is 1.89. The van der Waals surface area contributed by atoms with Crippen LogP contribution in [0.25, 0.3) is 0 Å². The highest BCUT2D eigenvalue weighted by atomic mass is 79.9. The minimum absolute atomic E-state index is 0.0555. The molecule has 3 heterocycles. The second-order valence-electron chi connectivity index (χ2n) is 5.14. The Kier molecular flexibility index (Phi) is 3.65. The first kappa shape index (κ1) is 13.4. The van der Waals surface area contributed by atoms with Crippen LogP contribution in [0.1, 0.15) is 41.6 Å². The second-order valence-corrected chi connectivity index (χ2v) is 6.05. The summed E-state index contributed by atoms with van der Waals surface area (Å²) in [6.07, 6.45) is 8.60. The fourth-order valence-corrected chi connectivity index (χ4v) is 3.33. The maximum Gasteiger partial charge on any atom is 0.271 e. The average Bonchev–Trinajstić information content (AvgIpc) is 3.07. The van der Waals surface area contributed by atoms with Gasteiger partial charge in [-0.25, -0.2) is 4.98 Å². The third-order valence-electron chi connectivity index (χ3n) is 3.79. The molecule has 0 unspecified atom stereocenters. The molecule has 1 aliphatic rings. The molecule has 2 aromatic heterocycles. The lowest BCUT2D eigenvalue weighted by atomic mass is 10.0. The number of carbonyl (C=O) groups excluding carboxylic acids is 1. The highest BCUT2D eigenvalue weighted by Crippen LogP contribution is 2.30. The van der Waals surface area contributed by atoms with Gasteiger partial charge in [0.15, 0.2) is 0 Å². The van der Waals surface area contributed by atoms with Gasteiger partial charge in [0.1, 0.15) is 11.5 Å². The molecule has 0 saturated carbocycles. The number of aromatic amines is 1. The lowest BCUT2D eigenvalue weighted by molar-refractivity contribution is 0.0591. The van der Waals surface area contributed by atoms with E-state index in [9.17, 15) is 4.79 Å². The molecule has 0 aliphatic carbocycles. The smallest absolute Gasteiger partial charge is 0.271 e. The van der Waals surface area contributed by atoms with Crippen molar-refractivity contribution in [3.05, 3.63) is 40.6 Å². The van der Waals surface area contributed by atoms with Gasteiger partial charge in [0.05, 0.1) is 6.04 Å². The molecule has 3 rings (SSSR count). The Labute approximate surface area is 126 Å². The molecule has 1 amide bonds. The first-order chi connectivity index (χ1) is 9.66. The van der Waals surface area contributed by atoms with Crippen LogP contribution in [-0.2, 0) is 7.05 Å². The van der Waals surface area contributed by atoms with E-state index in [0.29, 0.717) is 5.69 Å².